The number of likely N-dealkylation sites (tertiary alicyclic amines) is 1. The van der Waals surface area contributed by atoms with Crippen LogP contribution >= 0.6 is 11.6 Å². The Kier molecular flexibility index (Phi) is 5.87. The van der Waals surface area contributed by atoms with Crippen LogP contribution in [-0.2, 0) is 14.4 Å². The number of piperidine rings is 1. The van der Waals surface area contributed by atoms with Crippen molar-refractivity contribution in [3.63, 3.8) is 0 Å². The number of carbonyl (C=O) groups is 3. The summed E-state index contributed by atoms with van der Waals surface area (Å²) < 4.78 is 0. The number of aromatic nitrogens is 1. The molecule has 2 heterocycles. The molecule has 6 nitrogen and oxygen atoms in total. The second-order valence-electron chi connectivity index (χ2n) is 8.96. The van der Waals surface area contributed by atoms with Crippen molar-refractivity contribution in [1.29, 1.82) is 5.26 Å². The van der Waals surface area contributed by atoms with Crippen molar-refractivity contribution < 1.29 is 14.4 Å². The summed E-state index contributed by atoms with van der Waals surface area (Å²) in [7, 11) is 0. The van der Waals surface area contributed by atoms with Gasteiger partial charge >= 0.3 is 0 Å². The standard InChI is InChI=1S/C25H24ClN3O3/c1-15-9-18(20-4-3-17(13-27)14-28-20)10-19(26)23(15)24-21(31)11-25(12-22(24)32)5-7-29(8-6-25)16(2)30/h3-4,9-10,14,24H,5-8,11-12H2,1-2H3. The maximum absolute atomic E-state index is 13.2. The third kappa shape index (κ3) is 4.05. The van der Waals surface area contributed by atoms with Gasteiger partial charge in [-0.3, -0.25) is 19.4 Å². The molecule has 2 aliphatic rings. The van der Waals surface area contributed by atoms with Crippen LogP contribution in [0, 0.1) is 23.7 Å². The second kappa shape index (κ2) is 8.48. The average molecular weight is 450 g/mol. The number of amides is 1. The van der Waals surface area contributed by atoms with Crippen LogP contribution in [0.1, 0.15) is 55.2 Å². The minimum atomic E-state index is -0.845. The minimum absolute atomic E-state index is 0.0328. The summed E-state index contributed by atoms with van der Waals surface area (Å²) in [5.74, 6) is -0.995. The molecule has 0 unspecified atom stereocenters. The van der Waals surface area contributed by atoms with Crippen molar-refractivity contribution in [2.45, 2.75) is 45.4 Å². The molecule has 1 aromatic carbocycles. The molecule has 7 heteroatoms. The van der Waals surface area contributed by atoms with Gasteiger partial charge in [0.1, 0.15) is 23.6 Å². The van der Waals surface area contributed by atoms with E-state index in [2.05, 4.69) is 4.98 Å². The van der Waals surface area contributed by atoms with E-state index >= 15 is 0 Å². The quantitative estimate of drug-likeness (QED) is 0.640. The summed E-state index contributed by atoms with van der Waals surface area (Å²) in [5.41, 5.74) is 2.91. The van der Waals surface area contributed by atoms with Crippen molar-refractivity contribution >= 4 is 29.1 Å². The monoisotopic (exact) mass is 449 g/mol. The molecule has 1 aliphatic carbocycles. The molecule has 1 aliphatic heterocycles. The summed E-state index contributed by atoms with van der Waals surface area (Å²) in [5, 5.41) is 9.33. The molecule has 164 valence electrons. The van der Waals surface area contributed by atoms with Crippen molar-refractivity contribution in [2.24, 2.45) is 5.41 Å². The Balaban J connectivity index is 1.59. The highest BCUT2D eigenvalue weighted by Gasteiger charge is 2.47. The zero-order valence-electron chi connectivity index (χ0n) is 18.2. The van der Waals surface area contributed by atoms with Gasteiger partial charge in [-0.1, -0.05) is 11.6 Å². The molecular weight excluding hydrogens is 426 g/mol. The van der Waals surface area contributed by atoms with Crippen LogP contribution in [0.2, 0.25) is 5.02 Å². The zero-order valence-corrected chi connectivity index (χ0v) is 18.9. The van der Waals surface area contributed by atoms with E-state index in [1.165, 1.54) is 6.20 Å². The first kappa shape index (κ1) is 22.2. The summed E-state index contributed by atoms with van der Waals surface area (Å²) in [6.07, 6.45) is 3.52. The molecule has 2 aromatic rings. The lowest BCUT2D eigenvalue weighted by molar-refractivity contribution is -0.139. The van der Waals surface area contributed by atoms with Crippen molar-refractivity contribution in [3.05, 3.63) is 52.2 Å². The number of carbonyl (C=O) groups excluding carboxylic acids is 3. The number of Topliss-reactive ketones (excluding diaryl/α,β-unsaturated/α-hetero) is 2. The van der Waals surface area contributed by atoms with E-state index in [9.17, 15) is 14.4 Å². The van der Waals surface area contributed by atoms with Gasteiger partial charge in [-0.05, 0) is 60.6 Å². The Bertz CT molecular complexity index is 1100. The van der Waals surface area contributed by atoms with E-state index in [1.807, 2.05) is 19.1 Å². The first-order valence-electron chi connectivity index (χ1n) is 10.7. The van der Waals surface area contributed by atoms with Gasteiger partial charge in [0.2, 0.25) is 5.91 Å². The predicted octanol–water partition coefficient (Wildman–Crippen LogP) is 4.23. The van der Waals surface area contributed by atoms with Gasteiger partial charge in [-0.25, -0.2) is 0 Å². The Labute approximate surface area is 192 Å². The minimum Gasteiger partial charge on any atom is -0.343 e. The largest absolute Gasteiger partial charge is 0.343 e. The Morgan fingerprint density at radius 3 is 2.34 bits per heavy atom. The van der Waals surface area contributed by atoms with E-state index in [1.54, 1.807) is 30.0 Å². The Hall–Kier alpha value is -3.04. The van der Waals surface area contributed by atoms with Crippen molar-refractivity contribution in [3.8, 4) is 17.3 Å². The molecular formula is C25H24ClN3O3. The van der Waals surface area contributed by atoms with Gasteiger partial charge in [0.25, 0.3) is 0 Å². The smallest absolute Gasteiger partial charge is 0.219 e. The number of hydrogen-bond donors (Lipinski definition) is 0. The van der Waals surface area contributed by atoms with Crippen LogP contribution in [0.15, 0.2) is 30.5 Å². The van der Waals surface area contributed by atoms with Crippen LogP contribution in [0.25, 0.3) is 11.3 Å². The number of nitrogens with zero attached hydrogens (tertiary/aromatic N) is 3. The average Bonchev–Trinajstić information content (AvgIpc) is 2.75. The molecule has 1 saturated carbocycles. The third-order valence-corrected chi connectivity index (χ3v) is 7.14. The Morgan fingerprint density at radius 1 is 1.19 bits per heavy atom. The number of ketones is 2. The highest BCUT2D eigenvalue weighted by atomic mass is 35.5. The van der Waals surface area contributed by atoms with E-state index in [4.69, 9.17) is 16.9 Å². The lowest BCUT2D eigenvalue weighted by Crippen LogP contribution is -2.48. The molecule has 0 atom stereocenters. The van der Waals surface area contributed by atoms with Crippen LogP contribution in [0.3, 0.4) is 0 Å². The summed E-state index contributed by atoms with van der Waals surface area (Å²) in [6.45, 7) is 4.58. The molecule has 1 amide bonds. The number of pyridine rings is 1. The lowest BCUT2D eigenvalue weighted by atomic mass is 9.63. The summed E-state index contributed by atoms with van der Waals surface area (Å²) in [4.78, 5) is 44.2. The summed E-state index contributed by atoms with van der Waals surface area (Å²) in [6, 6.07) is 9.08. The molecule has 4 rings (SSSR count). The molecule has 32 heavy (non-hydrogen) atoms. The highest BCUT2D eigenvalue weighted by Crippen LogP contribution is 2.47. The van der Waals surface area contributed by atoms with Crippen LogP contribution < -0.4 is 0 Å². The van der Waals surface area contributed by atoms with Crippen LogP contribution in [0.5, 0.6) is 0 Å². The van der Waals surface area contributed by atoms with Gasteiger partial charge in [0, 0.05) is 49.6 Å². The first-order valence-corrected chi connectivity index (χ1v) is 11.1. The molecule has 1 spiro atoms. The van der Waals surface area contributed by atoms with E-state index in [0.29, 0.717) is 60.6 Å². The maximum atomic E-state index is 13.2. The number of rotatable bonds is 2. The number of hydrogen-bond acceptors (Lipinski definition) is 5. The van der Waals surface area contributed by atoms with Crippen LogP contribution in [0.4, 0.5) is 0 Å². The fraction of sp³-hybridized carbons (Fsp3) is 0.400. The fourth-order valence-electron chi connectivity index (χ4n) is 5.06. The number of halogens is 1. The van der Waals surface area contributed by atoms with Gasteiger partial charge < -0.3 is 4.90 Å². The van der Waals surface area contributed by atoms with Gasteiger partial charge in [0.15, 0.2) is 0 Å². The number of aryl methyl sites for hydroxylation is 1. The van der Waals surface area contributed by atoms with Gasteiger partial charge in [0.05, 0.1) is 11.3 Å². The van der Waals surface area contributed by atoms with E-state index in [-0.39, 0.29) is 22.9 Å². The number of nitriles is 1. The normalized spacial score (nSPS) is 18.6. The number of benzene rings is 1. The second-order valence-corrected chi connectivity index (χ2v) is 9.37. The summed E-state index contributed by atoms with van der Waals surface area (Å²) >= 11 is 6.61. The topological polar surface area (TPSA) is 91.1 Å². The van der Waals surface area contributed by atoms with E-state index < -0.39 is 5.92 Å². The highest BCUT2D eigenvalue weighted by molar-refractivity contribution is 6.32. The van der Waals surface area contributed by atoms with Gasteiger partial charge in [-0.2, -0.15) is 5.26 Å². The SMILES string of the molecule is CC(=O)N1CCC2(CC1)CC(=O)C(c1c(C)cc(-c3ccc(C#N)cn3)cc1Cl)C(=O)C2. The fourth-order valence-corrected chi connectivity index (χ4v) is 5.43. The third-order valence-electron chi connectivity index (χ3n) is 6.83. The van der Waals surface area contributed by atoms with E-state index in [0.717, 1.165) is 11.1 Å². The maximum Gasteiger partial charge on any atom is 0.219 e. The van der Waals surface area contributed by atoms with Crippen LogP contribution in [-0.4, -0.2) is 40.4 Å². The molecule has 0 bridgehead atoms. The predicted molar refractivity (Wildman–Crippen MR) is 120 cm³/mol. The van der Waals surface area contributed by atoms with Gasteiger partial charge in [-0.15, -0.1) is 0 Å². The molecule has 1 aromatic heterocycles. The molecule has 0 radical (unpaired) electrons. The molecule has 2 fully saturated rings. The Morgan fingerprint density at radius 2 is 1.84 bits per heavy atom. The lowest BCUT2D eigenvalue weighted by Gasteiger charge is -2.44. The molecule has 1 saturated heterocycles. The first-order chi connectivity index (χ1) is 15.2. The van der Waals surface area contributed by atoms with Crippen molar-refractivity contribution in [1.82, 2.24) is 9.88 Å². The van der Waals surface area contributed by atoms with Crippen molar-refractivity contribution in [2.75, 3.05) is 13.1 Å². The molecule has 0 N–H and O–H groups in total. The zero-order chi connectivity index (χ0) is 23.0.